The number of hydrogen-bond donors (Lipinski definition) is 1. The molecule has 1 spiro atoms. The summed E-state index contributed by atoms with van der Waals surface area (Å²) in [7, 11) is 7.22. The molecule has 2 unspecified atom stereocenters. The van der Waals surface area contributed by atoms with Gasteiger partial charge in [-0.3, -0.25) is 24.2 Å². The summed E-state index contributed by atoms with van der Waals surface area (Å²) in [5.74, 6) is -0.120. The van der Waals surface area contributed by atoms with Crippen LogP contribution in [0.25, 0.3) is 0 Å². The van der Waals surface area contributed by atoms with Crippen LogP contribution >= 0.6 is 0 Å². The number of rotatable bonds is 8. The summed E-state index contributed by atoms with van der Waals surface area (Å²) in [5.41, 5.74) is 0.508. The standard InChI is InChI=1S/C22H34N4O4/c1-16(27)19(20(28)23(2)3)24(4)13-18-11-12-22(25(18)5)15-26(21(22)29)30-14-17-9-7-6-8-10-17/h6-10,16,18-19,27H,11-15H2,1-5H3/t16-,18?,19+,22?/m1/s1. The van der Waals surface area contributed by atoms with E-state index in [2.05, 4.69) is 4.90 Å². The van der Waals surface area contributed by atoms with Crippen molar-refractivity contribution in [1.82, 2.24) is 19.8 Å². The summed E-state index contributed by atoms with van der Waals surface area (Å²) in [6.07, 6.45) is 0.854. The van der Waals surface area contributed by atoms with Crippen molar-refractivity contribution >= 4 is 11.8 Å². The molecule has 0 saturated carbocycles. The molecular formula is C22H34N4O4. The third-order valence-corrected chi connectivity index (χ3v) is 6.50. The van der Waals surface area contributed by atoms with Crippen LogP contribution in [0.2, 0.25) is 0 Å². The van der Waals surface area contributed by atoms with Gasteiger partial charge in [0.25, 0.3) is 5.91 Å². The van der Waals surface area contributed by atoms with Gasteiger partial charge in [0, 0.05) is 26.7 Å². The second-order valence-corrected chi connectivity index (χ2v) is 8.79. The Morgan fingerprint density at radius 2 is 1.97 bits per heavy atom. The second kappa shape index (κ2) is 9.01. The van der Waals surface area contributed by atoms with Gasteiger partial charge < -0.3 is 10.0 Å². The van der Waals surface area contributed by atoms with Crippen LogP contribution in [0.15, 0.2) is 30.3 Å². The third kappa shape index (κ3) is 4.23. The molecule has 2 aliphatic heterocycles. The van der Waals surface area contributed by atoms with Crippen molar-refractivity contribution in [1.29, 1.82) is 0 Å². The number of carbonyl (C=O) groups excluding carboxylic acids is 2. The highest BCUT2D eigenvalue weighted by Gasteiger charge is 2.60. The lowest BCUT2D eigenvalue weighted by Crippen LogP contribution is -2.72. The Morgan fingerprint density at radius 3 is 2.53 bits per heavy atom. The molecule has 2 fully saturated rings. The van der Waals surface area contributed by atoms with Crippen LogP contribution in [0, 0.1) is 0 Å². The first-order chi connectivity index (χ1) is 14.2. The van der Waals surface area contributed by atoms with E-state index in [1.807, 2.05) is 49.3 Å². The average Bonchev–Trinajstić information content (AvgIpc) is 3.03. The zero-order chi connectivity index (χ0) is 22.1. The van der Waals surface area contributed by atoms with Gasteiger partial charge in [-0.1, -0.05) is 30.3 Å². The maximum Gasteiger partial charge on any atom is 0.268 e. The van der Waals surface area contributed by atoms with E-state index in [0.717, 1.165) is 18.4 Å². The molecule has 8 nitrogen and oxygen atoms in total. The molecule has 2 heterocycles. The molecular weight excluding hydrogens is 384 g/mol. The van der Waals surface area contributed by atoms with E-state index in [1.54, 1.807) is 21.0 Å². The molecule has 1 aromatic carbocycles. The van der Waals surface area contributed by atoms with Gasteiger partial charge in [-0.05, 0) is 39.4 Å². The number of likely N-dealkylation sites (tertiary alicyclic amines) is 1. The van der Waals surface area contributed by atoms with Crippen LogP contribution in [0.4, 0.5) is 0 Å². The molecule has 0 aliphatic carbocycles. The van der Waals surface area contributed by atoms with E-state index >= 15 is 0 Å². The molecule has 4 atom stereocenters. The van der Waals surface area contributed by atoms with Gasteiger partial charge in [0.1, 0.15) is 18.2 Å². The van der Waals surface area contributed by atoms with E-state index in [4.69, 9.17) is 4.84 Å². The summed E-state index contributed by atoms with van der Waals surface area (Å²) in [4.78, 5) is 36.7. The van der Waals surface area contributed by atoms with Crippen LogP contribution in [0.3, 0.4) is 0 Å². The minimum atomic E-state index is -0.780. The molecule has 2 amide bonds. The predicted octanol–water partition coefficient (Wildman–Crippen LogP) is 0.563. The quantitative estimate of drug-likeness (QED) is 0.622. The maximum atomic E-state index is 12.9. The number of benzene rings is 1. The van der Waals surface area contributed by atoms with Gasteiger partial charge in [-0.2, -0.15) is 0 Å². The van der Waals surface area contributed by atoms with Crippen LogP contribution in [-0.4, -0.2) is 102 Å². The summed E-state index contributed by atoms with van der Waals surface area (Å²) < 4.78 is 0. The lowest BCUT2D eigenvalue weighted by molar-refractivity contribution is -0.242. The average molecular weight is 419 g/mol. The van der Waals surface area contributed by atoms with Crippen molar-refractivity contribution in [3.63, 3.8) is 0 Å². The molecule has 2 aliphatic rings. The van der Waals surface area contributed by atoms with Gasteiger partial charge in [-0.25, -0.2) is 5.06 Å². The van der Waals surface area contributed by atoms with Gasteiger partial charge in [0.2, 0.25) is 5.91 Å². The summed E-state index contributed by atoms with van der Waals surface area (Å²) >= 11 is 0. The molecule has 30 heavy (non-hydrogen) atoms. The first-order valence-electron chi connectivity index (χ1n) is 10.5. The Hall–Kier alpha value is -2.00. The van der Waals surface area contributed by atoms with E-state index in [-0.39, 0.29) is 17.9 Å². The number of hydroxylamine groups is 2. The first kappa shape index (κ1) is 22.7. The van der Waals surface area contributed by atoms with Gasteiger partial charge in [0.05, 0.1) is 12.6 Å². The summed E-state index contributed by atoms with van der Waals surface area (Å²) in [6, 6.07) is 9.32. The fourth-order valence-corrected chi connectivity index (χ4v) is 4.61. The topological polar surface area (TPSA) is 76.6 Å². The van der Waals surface area contributed by atoms with E-state index in [0.29, 0.717) is 19.7 Å². The molecule has 0 aromatic heterocycles. The molecule has 1 N–H and O–H groups in total. The van der Waals surface area contributed by atoms with E-state index in [1.165, 1.54) is 9.96 Å². The van der Waals surface area contributed by atoms with Crippen molar-refractivity contribution in [3.8, 4) is 0 Å². The number of amides is 2. The van der Waals surface area contributed by atoms with Crippen molar-refractivity contribution in [2.45, 2.75) is 50.1 Å². The SMILES string of the molecule is C[C@@H](O)[C@@H](C(=O)N(C)C)N(C)CC1CCC2(CN(OCc3ccccc3)C2=O)N1C. The Kier molecular flexibility index (Phi) is 6.81. The number of nitrogens with zero attached hydrogens (tertiary/aromatic N) is 4. The molecule has 2 saturated heterocycles. The highest BCUT2D eigenvalue weighted by Crippen LogP contribution is 2.41. The lowest BCUT2D eigenvalue weighted by Gasteiger charge is -2.50. The number of β-lactam (4-membered cyclic amide) rings is 1. The Balaban J connectivity index is 1.57. The fourth-order valence-electron chi connectivity index (χ4n) is 4.61. The van der Waals surface area contributed by atoms with E-state index in [9.17, 15) is 14.7 Å². The zero-order valence-corrected chi connectivity index (χ0v) is 18.6. The molecule has 0 bridgehead atoms. The van der Waals surface area contributed by atoms with Crippen LogP contribution in [-0.2, 0) is 21.0 Å². The molecule has 1 aromatic rings. The number of likely N-dealkylation sites (N-methyl/N-ethyl adjacent to an activating group) is 3. The first-order valence-corrected chi connectivity index (χ1v) is 10.5. The zero-order valence-electron chi connectivity index (χ0n) is 18.6. The smallest absolute Gasteiger partial charge is 0.268 e. The van der Waals surface area contributed by atoms with Crippen molar-refractivity contribution in [2.75, 3.05) is 41.3 Å². The largest absolute Gasteiger partial charge is 0.391 e. The fraction of sp³-hybridized carbons (Fsp3) is 0.636. The van der Waals surface area contributed by atoms with Crippen molar-refractivity contribution < 1.29 is 19.5 Å². The number of carbonyl (C=O) groups is 2. The minimum Gasteiger partial charge on any atom is -0.391 e. The lowest BCUT2D eigenvalue weighted by atomic mass is 9.88. The second-order valence-electron chi connectivity index (χ2n) is 8.79. The Labute approximate surface area is 178 Å². The highest BCUT2D eigenvalue weighted by molar-refractivity contribution is 5.92. The van der Waals surface area contributed by atoms with Crippen LogP contribution in [0.1, 0.15) is 25.3 Å². The van der Waals surface area contributed by atoms with Gasteiger partial charge in [0.15, 0.2) is 0 Å². The Morgan fingerprint density at radius 1 is 1.30 bits per heavy atom. The minimum absolute atomic E-state index is 0.00234. The molecule has 0 radical (unpaired) electrons. The number of aliphatic hydroxyl groups excluding tert-OH is 1. The summed E-state index contributed by atoms with van der Waals surface area (Å²) in [5, 5.41) is 11.6. The van der Waals surface area contributed by atoms with Crippen LogP contribution in [0.5, 0.6) is 0 Å². The number of hydrogen-bond acceptors (Lipinski definition) is 6. The maximum absolute atomic E-state index is 12.9. The van der Waals surface area contributed by atoms with Gasteiger partial charge >= 0.3 is 0 Å². The van der Waals surface area contributed by atoms with Crippen molar-refractivity contribution in [2.24, 2.45) is 0 Å². The van der Waals surface area contributed by atoms with Crippen molar-refractivity contribution in [3.05, 3.63) is 35.9 Å². The normalized spacial score (nSPS) is 26.2. The van der Waals surface area contributed by atoms with Gasteiger partial charge in [-0.15, -0.1) is 0 Å². The monoisotopic (exact) mass is 418 g/mol. The highest BCUT2D eigenvalue weighted by atomic mass is 16.7. The molecule has 3 rings (SSSR count). The molecule has 8 heteroatoms. The summed E-state index contributed by atoms with van der Waals surface area (Å²) in [6.45, 7) is 3.17. The van der Waals surface area contributed by atoms with Crippen LogP contribution < -0.4 is 0 Å². The number of aliphatic hydroxyl groups is 1. The van der Waals surface area contributed by atoms with E-state index < -0.39 is 17.7 Å². The molecule has 166 valence electrons. The third-order valence-electron chi connectivity index (χ3n) is 6.50. The predicted molar refractivity (Wildman–Crippen MR) is 113 cm³/mol. The Bertz CT molecular complexity index is 757.